The summed E-state index contributed by atoms with van der Waals surface area (Å²) in [6.07, 6.45) is 9.20. The van der Waals surface area contributed by atoms with Crippen molar-refractivity contribution in [1.29, 1.82) is 0 Å². The maximum absolute atomic E-state index is 2.51. The highest BCUT2D eigenvalue weighted by Crippen LogP contribution is 2.51. The van der Waals surface area contributed by atoms with Gasteiger partial charge in [-0.05, 0) is 118 Å². The first-order valence-electron chi connectivity index (χ1n) is 21.0. The fourth-order valence-corrected chi connectivity index (χ4v) is 9.68. The van der Waals surface area contributed by atoms with Gasteiger partial charge < -0.3 is 0 Å². The number of allylic oxidation sites excluding steroid dienone is 5. The van der Waals surface area contributed by atoms with Crippen molar-refractivity contribution in [3.05, 3.63) is 271 Å². The molecule has 0 radical (unpaired) electrons. The van der Waals surface area contributed by atoms with Gasteiger partial charge in [0, 0.05) is 11.8 Å². The molecule has 0 fully saturated rings. The summed E-state index contributed by atoms with van der Waals surface area (Å²) < 4.78 is 0. The summed E-state index contributed by atoms with van der Waals surface area (Å²) in [6, 6.07) is 80.4. The van der Waals surface area contributed by atoms with Gasteiger partial charge in [-0.2, -0.15) is 0 Å². The molecule has 0 saturated carbocycles. The molecule has 0 aromatic heterocycles. The lowest BCUT2D eigenvalue weighted by atomic mass is 9.66. The monoisotopic (exact) mass is 762 g/mol. The van der Waals surface area contributed by atoms with E-state index in [1.807, 2.05) is 0 Å². The van der Waals surface area contributed by atoms with Gasteiger partial charge in [0.15, 0.2) is 0 Å². The van der Waals surface area contributed by atoms with Crippen LogP contribution in [0.2, 0.25) is 0 Å². The molecule has 0 bridgehead atoms. The molecule has 0 amide bonds. The molecule has 9 aromatic carbocycles. The SMILES string of the molecule is C1=CC2=C(c3ccccc3)c3ccccc3C(c3ccc4ccc(-c5ccc(-c6ccccc6)cc5)c(-c5cccc(-c6cccc(-c7ccccc7)c6)c5)c4c3)C2C=C1. The van der Waals surface area contributed by atoms with Crippen LogP contribution in [-0.2, 0) is 0 Å². The van der Waals surface area contributed by atoms with E-state index in [4.69, 9.17) is 0 Å². The minimum Gasteiger partial charge on any atom is -0.0760 e. The van der Waals surface area contributed by atoms with Crippen molar-refractivity contribution in [1.82, 2.24) is 0 Å². The highest BCUT2D eigenvalue weighted by molar-refractivity contribution is 6.05. The first-order chi connectivity index (χ1) is 29.8. The van der Waals surface area contributed by atoms with Gasteiger partial charge in [-0.3, -0.25) is 0 Å². The van der Waals surface area contributed by atoms with Crippen LogP contribution in [0.4, 0.5) is 0 Å². The molecule has 0 saturated heterocycles. The molecule has 282 valence electrons. The molecule has 0 nitrogen and oxygen atoms in total. The molecule has 9 aromatic rings. The van der Waals surface area contributed by atoms with Crippen LogP contribution in [0.3, 0.4) is 0 Å². The molecular weight excluding hydrogens is 721 g/mol. The van der Waals surface area contributed by atoms with Gasteiger partial charge in [0.2, 0.25) is 0 Å². The van der Waals surface area contributed by atoms with E-state index >= 15 is 0 Å². The smallest absolute Gasteiger partial charge is 0.0199 e. The summed E-state index contributed by atoms with van der Waals surface area (Å²) in [5, 5.41) is 2.50. The summed E-state index contributed by atoms with van der Waals surface area (Å²) in [5.74, 6) is 0.359. The zero-order valence-corrected chi connectivity index (χ0v) is 33.2. The molecule has 0 spiro atoms. The lowest BCUT2D eigenvalue weighted by Gasteiger charge is -2.37. The van der Waals surface area contributed by atoms with Crippen molar-refractivity contribution in [3.63, 3.8) is 0 Å². The number of hydrogen-bond acceptors (Lipinski definition) is 0. The topological polar surface area (TPSA) is 0 Å². The Balaban J connectivity index is 1.10. The highest BCUT2D eigenvalue weighted by atomic mass is 14.4. The summed E-state index contributed by atoms with van der Waals surface area (Å²) in [6.45, 7) is 0. The first-order valence-corrected chi connectivity index (χ1v) is 21.0. The maximum Gasteiger partial charge on any atom is 0.0199 e. The predicted octanol–water partition coefficient (Wildman–Crippen LogP) is 15.9. The lowest BCUT2D eigenvalue weighted by molar-refractivity contribution is 0.649. The average molecular weight is 763 g/mol. The molecule has 0 heterocycles. The third-order valence-corrected chi connectivity index (χ3v) is 12.5. The van der Waals surface area contributed by atoms with Crippen molar-refractivity contribution in [2.24, 2.45) is 5.92 Å². The standard InChI is InChI=1S/C60H42/c1-4-16-41(17-5-1)43-30-32-44(33-31-43)52-37-36-45-34-35-51(60-55-28-12-10-26-53(55)58(46-20-8-3-9-21-46)54-27-11-13-29-56(54)60)40-57(45)59(52)50-25-15-24-49(39-50)48-23-14-22-47(38-48)42-18-6-2-7-19-42/h1-40,55,60H. The van der Waals surface area contributed by atoms with Gasteiger partial charge in [0.05, 0.1) is 0 Å². The lowest BCUT2D eigenvalue weighted by Crippen LogP contribution is -2.22. The highest BCUT2D eigenvalue weighted by Gasteiger charge is 2.35. The van der Waals surface area contributed by atoms with Gasteiger partial charge in [-0.25, -0.2) is 0 Å². The normalized spacial score (nSPS) is 15.5. The molecule has 11 rings (SSSR count). The fraction of sp³-hybridized carbons (Fsp3) is 0.0333. The van der Waals surface area contributed by atoms with E-state index < -0.39 is 0 Å². The van der Waals surface area contributed by atoms with Gasteiger partial charge in [-0.15, -0.1) is 0 Å². The van der Waals surface area contributed by atoms with E-state index in [1.165, 1.54) is 99.8 Å². The summed E-state index contributed by atoms with van der Waals surface area (Å²) in [4.78, 5) is 0. The third kappa shape index (κ3) is 6.44. The van der Waals surface area contributed by atoms with Crippen molar-refractivity contribution < 1.29 is 0 Å². The maximum atomic E-state index is 2.51. The van der Waals surface area contributed by atoms with Crippen molar-refractivity contribution >= 4 is 16.3 Å². The van der Waals surface area contributed by atoms with Crippen molar-refractivity contribution in [3.8, 4) is 55.6 Å². The molecule has 2 aliphatic carbocycles. The fourth-order valence-electron chi connectivity index (χ4n) is 9.68. The molecular formula is C60H42. The Hall–Kier alpha value is -7.54. The van der Waals surface area contributed by atoms with Crippen molar-refractivity contribution in [2.45, 2.75) is 5.92 Å². The Labute approximate surface area is 352 Å². The van der Waals surface area contributed by atoms with E-state index in [1.54, 1.807) is 0 Å². The van der Waals surface area contributed by atoms with Gasteiger partial charge in [0.1, 0.15) is 0 Å². The van der Waals surface area contributed by atoms with Crippen LogP contribution in [0.1, 0.15) is 28.2 Å². The van der Waals surface area contributed by atoms with Gasteiger partial charge in [-0.1, -0.05) is 224 Å². The van der Waals surface area contributed by atoms with E-state index in [9.17, 15) is 0 Å². The van der Waals surface area contributed by atoms with E-state index in [0.717, 1.165) is 0 Å². The minimum atomic E-state index is 0.156. The molecule has 60 heavy (non-hydrogen) atoms. The summed E-state index contributed by atoms with van der Waals surface area (Å²) in [7, 11) is 0. The van der Waals surface area contributed by atoms with Crippen LogP contribution in [0.15, 0.2) is 248 Å². The second-order valence-electron chi connectivity index (χ2n) is 16.0. The zero-order chi connectivity index (χ0) is 39.8. The Morgan fingerprint density at radius 2 is 0.867 bits per heavy atom. The molecule has 0 N–H and O–H groups in total. The summed E-state index contributed by atoms with van der Waals surface area (Å²) in [5.41, 5.74) is 20.2. The molecule has 0 heteroatoms. The van der Waals surface area contributed by atoms with Crippen LogP contribution < -0.4 is 0 Å². The number of rotatable bonds is 7. The summed E-state index contributed by atoms with van der Waals surface area (Å²) >= 11 is 0. The molecule has 2 atom stereocenters. The Morgan fingerprint density at radius 3 is 1.58 bits per heavy atom. The van der Waals surface area contributed by atoms with Crippen LogP contribution in [0, 0.1) is 5.92 Å². The number of fused-ring (bicyclic) bond motifs is 3. The molecule has 2 unspecified atom stereocenters. The van der Waals surface area contributed by atoms with Crippen LogP contribution in [-0.4, -0.2) is 0 Å². The number of hydrogen-bond donors (Lipinski definition) is 0. The molecule has 2 aliphatic rings. The largest absolute Gasteiger partial charge is 0.0760 e. The number of benzene rings is 9. The molecule has 0 aliphatic heterocycles. The van der Waals surface area contributed by atoms with E-state index in [2.05, 4.69) is 243 Å². The minimum absolute atomic E-state index is 0.156. The van der Waals surface area contributed by atoms with E-state index in [-0.39, 0.29) is 11.8 Å². The van der Waals surface area contributed by atoms with Gasteiger partial charge >= 0.3 is 0 Å². The van der Waals surface area contributed by atoms with Crippen LogP contribution in [0.5, 0.6) is 0 Å². The Kier molecular flexibility index (Phi) is 9.10. The van der Waals surface area contributed by atoms with Crippen LogP contribution in [0.25, 0.3) is 72.0 Å². The van der Waals surface area contributed by atoms with Gasteiger partial charge in [0.25, 0.3) is 0 Å². The first kappa shape index (κ1) is 35.6. The zero-order valence-electron chi connectivity index (χ0n) is 33.2. The Bertz CT molecular complexity index is 3110. The van der Waals surface area contributed by atoms with Crippen LogP contribution >= 0.6 is 0 Å². The second kappa shape index (κ2) is 15.3. The quantitative estimate of drug-likeness (QED) is 0.152. The second-order valence-corrected chi connectivity index (χ2v) is 16.0. The Morgan fingerprint density at radius 1 is 0.333 bits per heavy atom. The average Bonchev–Trinajstić information content (AvgIpc) is 3.33. The van der Waals surface area contributed by atoms with Crippen molar-refractivity contribution in [2.75, 3.05) is 0 Å². The third-order valence-electron chi connectivity index (χ3n) is 12.5. The van der Waals surface area contributed by atoms with E-state index in [0.29, 0.717) is 0 Å². The predicted molar refractivity (Wildman–Crippen MR) is 254 cm³/mol.